The Morgan fingerprint density at radius 2 is 1.62 bits per heavy atom. The van der Waals surface area contributed by atoms with E-state index < -0.39 is 17.8 Å². The highest BCUT2D eigenvalue weighted by atomic mass is 35.5. The lowest BCUT2D eigenvalue weighted by Gasteiger charge is -2.38. The summed E-state index contributed by atoms with van der Waals surface area (Å²) in [6, 6.07) is 18.7. The molecule has 0 spiro atoms. The Hall–Kier alpha value is -5.85. The predicted molar refractivity (Wildman–Crippen MR) is 256 cm³/mol. The summed E-state index contributed by atoms with van der Waals surface area (Å²) >= 11 is 6.12. The molecule has 3 aromatic heterocycles. The van der Waals surface area contributed by atoms with Gasteiger partial charge in [-0.2, -0.15) is 4.98 Å². The number of fused-ring (bicyclic) bond motifs is 2. The standard InChI is InChI=1S/C51H56ClFN10O3/c1-58-46-26-34(11-14-44(46)63(51(58)66)45-15-16-47(64)56-49(45)65)6-5-19-59-22-24-61(25-23-59)32-36-17-20-60(21-18-36)31-35-9-12-37(13-10-35)43-33-62(41-7-3-2-4-8-41)48-42(43)30-54-50(57-48)55-40-28-38(52)27-39(53)29-40/h9-14,26-30,33,36,41,45H,2-4,7-8,15-25,31-32H2,1H3,(H,54,55,57)(H,56,64,65). The van der Waals surface area contributed by atoms with Gasteiger partial charge in [-0.25, -0.2) is 14.2 Å². The molecule has 2 N–H and O–H groups in total. The second kappa shape index (κ2) is 19.2. The van der Waals surface area contributed by atoms with E-state index in [0.717, 1.165) is 92.9 Å². The van der Waals surface area contributed by atoms with Crippen LogP contribution in [0.2, 0.25) is 5.02 Å². The number of carbonyl (C=O) groups excluding carboxylic acids is 2. The first-order valence-electron chi connectivity index (χ1n) is 23.5. The molecule has 1 saturated carbocycles. The summed E-state index contributed by atoms with van der Waals surface area (Å²) in [4.78, 5) is 54.6. The fourth-order valence-corrected chi connectivity index (χ4v) is 10.7. The van der Waals surface area contributed by atoms with Crippen molar-refractivity contribution in [3.05, 3.63) is 106 Å². The Morgan fingerprint density at radius 1 is 0.848 bits per heavy atom. The van der Waals surface area contributed by atoms with E-state index in [9.17, 15) is 18.8 Å². The molecule has 4 fully saturated rings. The maximum Gasteiger partial charge on any atom is 0.329 e. The number of anilines is 2. The van der Waals surface area contributed by atoms with Gasteiger partial charge >= 0.3 is 5.69 Å². The third kappa shape index (κ3) is 9.53. The number of aryl methyl sites for hydroxylation is 1. The summed E-state index contributed by atoms with van der Waals surface area (Å²) in [6.07, 6.45) is 13.0. The third-order valence-electron chi connectivity index (χ3n) is 14.2. The number of hydrogen-bond acceptors (Lipinski definition) is 9. The number of halogens is 2. The Kier molecular flexibility index (Phi) is 12.8. The minimum atomic E-state index is -0.702. The number of benzene rings is 3. The van der Waals surface area contributed by atoms with E-state index in [1.54, 1.807) is 17.7 Å². The normalized spacial score (nSPS) is 19.6. The number of rotatable bonds is 10. The molecule has 1 unspecified atom stereocenters. The zero-order chi connectivity index (χ0) is 45.3. The highest BCUT2D eigenvalue weighted by Gasteiger charge is 2.31. The molecule has 13 nitrogen and oxygen atoms in total. The number of piperidine rings is 2. The van der Waals surface area contributed by atoms with Crippen molar-refractivity contribution in [2.45, 2.75) is 76.4 Å². The van der Waals surface area contributed by atoms with Crippen LogP contribution in [-0.2, 0) is 23.2 Å². The predicted octanol–water partition coefficient (Wildman–Crippen LogP) is 7.65. The van der Waals surface area contributed by atoms with Crippen LogP contribution in [0.1, 0.15) is 81.0 Å². The summed E-state index contributed by atoms with van der Waals surface area (Å²) in [5.74, 6) is 6.61. The molecule has 66 heavy (non-hydrogen) atoms. The van der Waals surface area contributed by atoms with Crippen molar-refractivity contribution in [2.24, 2.45) is 13.0 Å². The van der Waals surface area contributed by atoms with Gasteiger partial charge < -0.3 is 14.8 Å². The summed E-state index contributed by atoms with van der Waals surface area (Å²) < 4.78 is 19.5. The van der Waals surface area contributed by atoms with Gasteiger partial charge in [0.25, 0.3) is 0 Å². The van der Waals surface area contributed by atoms with Crippen LogP contribution in [-0.4, -0.2) is 103 Å². The molecule has 6 heterocycles. The second-order valence-electron chi connectivity index (χ2n) is 18.6. The van der Waals surface area contributed by atoms with Gasteiger partial charge in [0.05, 0.1) is 17.6 Å². The molecule has 0 radical (unpaired) electrons. The largest absolute Gasteiger partial charge is 0.329 e. The van der Waals surface area contributed by atoms with Crippen LogP contribution in [0.3, 0.4) is 0 Å². The number of amides is 2. The zero-order valence-electron chi connectivity index (χ0n) is 37.4. The van der Waals surface area contributed by atoms with Crippen molar-refractivity contribution in [1.29, 1.82) is 0 Å². The maximum atomic E-state index is 14.1. The lowest BCUT2D eigenvalue weighted by molar-refractivity contribution is -0.135. The minimum absolute atomic E-state index is 0.212. The quantitative estimate of drug-likeness (QED) is 0.105. The maximum absolute atomic E-state index is 14.1. The van der Waals surface area contributed by atoms with Crippen molar-refractivity contribution < 1.29 is 14.0 Å². The summed E-state index contributed by atoms with van der Waals surface area (Å²) in [5.41, 5.74) is 6.93. The Balaban J connectivity index is 0.701. The molecule has 0 bridgehead atoms. The van der Waals surface area contributed by atoms with E-state index in [0.29, 0.717) is 52.6 Å². The third-order valence-corrected chi connectivity index (χ3v) is 14.4. The fraction of sp³-hybridized carbons (Fsp3) is 0.431. The number of aromatic nitrogens is 5. The van der Waals surface area contributed by atoms with E-state index in [2.05, 4.69) is 77.2 Å². The molecule has 3 aromatic carbocycles. The second-order valence-corrected chi connectivity index (χ2v) is 19.1. The summed E-state index contributed by atoms with van der Waals surface area (Å²) in [7, 11) is 1.70. The van der Waals surface area contributed by atoms with E-state index in [1.807, 2.05) is 24.4 Å². The molecule has 1 aliphatic carbocycles. The zero-order valence-corrected chi connectivity index (χ0v) is 38.2. The monoisotopic (exact) mass is 910 g/mol. The van der Waals surface area contributed by atoms with Gasteiger partial charge in [0, 0.05) is 98.4 Å². The van der Waals surface area contributed by atoms with Crippen LogP contribution in [0.25, 0.3) is 33.2 Å². The molecular weight excluding hydrogens is 855 g/mol. The highest BCUT2D eigenvalue weighted by Crippen LogP contribution is 2.37. The number of imide groups is 1. The Labute approximate surface area is 388 Å². The molecule has 6 aromatic rings. The van der Waals surface area contributed by atoms with Gasteiger partial charge in [-0.1, -0.05) is 67.0 Å². The van der Waals surface area contributed by atoms with Crippen molar-refractivity contribution in [1.82, 2.24) is 43.7 Å². The average Bonchev–Trinajstić information content (AvgIpc) is 3.81. The van der Waals surface area contributed by atoms with Gasteiger partial charge in [-0.15, -0.1) is 0 Å². The molecule has 1 atom stereocenters. The number of piperazine rings is 1. The van der Waals surface area contributed by atoms with E-state index in [1.165, 1.54) is 54.4 Å². The lowest BCUT2D eigenvalue weighted by Crippen LogP contribution is -2.48. The van der Waals surface area contributed by atoms with E-state index in [-0.39, 0.29) is 18.0 Å². The van der Waals surface area contributed by atoms with Gasteiger partial charge in [0.15, 0.2) is 0 Å². The lowest BCUT2D eigenvalue weighted by atomic mass is 9.95. The van der Waals surface area contributed by atoms with Crippen LogP contribution >= 0.6 is 11.6 Å². The number of nitrogens with zero attached hydrogens (tertiary/aromatic N) is 8. The number of likely N-dealkylation sites (tertiary alicyclic amines) is 1. The molecule has 3 aliphatic heterocycles. The van der Waals surface area contributed by atoms with Gasteiger partial charge in [0.2, 0.25) is 17.8 Å². The first-order chi connectivity index (χ1) is 32.1. The van der Waals surface area contributed by atoms with Crippen LogP contribution in [0.4, 0.5) is 16.0 Å². The first-order valence-corrected chi connectivity index (χ1v) is 23.9. The van der Waals surface area contributed by atoms with Crippen molar-refractivity contribution in [3.63, 3.8) is 0 Å². The van der Waals surface area contributed by atoms with Crippen molar-refractivity contribution >= 4 is 57.1 Å². The van der Waals surface area contributed by atoms with Gasteiger partial charge in [-0.05, 0) is 98.6 Å². The molecule has 342 valence electrons. The smallest absolute Gasteiger partial charge is 0.329 e. The Bertz CT molecular complexity index is 2870. The summed E-state index contributed by atoms with van der Waals surface area (Å²) in [5, 5.41) is 6.85. The first kappa shape index (κ1) is 44.0. The van der Waals surface area contributed by atoms with Crippen molar-refractivity contribution in [2.75, 3.05) is 57.7 Å². The van der Waals surface area contributed by atoms with Crippen LogP contribution < -0.4 is 16.3 Å². The Morgan fingerprint density at radius 3 is 2.38 bits per heavy atom. The highest BCUT2D eigenvalue weighted by molar-refractivity contribution is 6.30. The number of imidazole rings is 1. The molecular formula is C51H56ClFN10O3. The average molecular weight is 912 g/mol. The molecule has 10 rings (SSSR count). The topological polar surface area (TPSA) is 126 Å². The SMILES string of the molecule is Cn1c(=O)n(C2CCC(=O)NC2=O)c2ccc(C#CCN3CCN(CC4CCN(Cc5ccc(-c6cn(C7CCCCC7)c7nc(Nc8cc(F)cc(Cl)c8)ncc67)cc5)CC4)CC3)cc21. The van der Waals surface area contributed by atoms with Gasteiger partial charge in [0.1, 0.15) is 17.5 Å². The number of nitrogens with one attached hydrogen (secondary N) is 2. The number of hydrogen-bond donors (Lipinski definition) is 2. The van der Waals surface area contributed by atoms with E-state index >= 15 is 0 Å². The summed E-state index contributed by atoms with van der Waals surface area (Å²) in [6.45, 7) is 9.06. The fourth-order valence-electron chi connectivity index (χ4n) is 10.5. The molecule has 3 saturated heterocycles. The number of carbonyl (C=O) groups is 2. The van der Waals surface area contributed by atoms with E-state index in [4.69, 9.17) is 16.6 Å². The van der Waals surface area contributed by atoms with Crippen molar-refractivity contribution in [3.8, 4) is 23.0 Å². The molecule has 2 amide bonds. The van der Waals surface area contributed by atoms with Gasteiger partial charge in [-0.3, -0.25) is 33.8 Å². The van der Waals surface area contributed by atoms with Crippen LogP contribution in [0, 0.1) is 23.6 Å². The minimum Gasteiger partial charge on any atom is -0.329 e. The molecule has 4 aliphatic rings. The van der Waals surface area contributed by atoms with Crippen LogP contribution in [0.15, 0.2) is 77.9 Å². The molecule has 15 heteroatoms. The van der Waals surface area contributed by atoms with Crippen LogP contribution in [0.5, 0.6) is 0 Å².